The van der Waals surface area contributed by atoms with Gasteiger partial charge in [0.25, 0.3) is 0 Å². The van der Waals surface area contributed by atoms with Crippen LogP contribution in [0, 0.1) is 0 Å². The molecule has 1 fully saturated rings. The molecule has 0 spiro atoms. The molecule has 2 heterocycles. The van der Waals surface area contributed by atoms with Crippen molar-refractivity contribution in [2.24, 2.45) is 0 Å². The van der Waals surface area contributed by atoms with Gasteiger partial charge in [0.05, 0.1) is 36.6 Å². The Morgan fingerprint density at radius 2 is 1.10 bits per heavy atom. The van der Waals surface area contributed by atoms with Crippen LogP contribution >= 0.6 is 0 Å². The van der Waals surface area contributed by atoms with Crippen molar-refractivity contribution in [3.63, 3.8) is 0 Å². The van der Waals surface area contributed by atoms with Gasteiger partial charge in [-0.05, 0) is 70.8 Å². The summed E-state index contributed by atoms with van der Waals surface area (Å²) in [5.74, 6) is -0.265. The minimum absolute atomic E-state index is 0.149. The van der Waals surface area contributed by atoms with Crippen molar-refractivity contribution in [2.75, 3.05) is 0 Å². The molecule has 7 nitrogen and oxygen atoms in total. The van der Waals surface area contributed by atoms with Crippen LogP contribution in [0.4, 0.5) is 0 Å². The van der Waals surface area contributed by atoms with Crippen LogP contribution in [0.15, 0.2) is 11.6 Å². The molecule has 0 aliphatic carbocycles. The molecule has 42 heavy (non-hydrogen) atoms. The summed E-state index contributed by atoms with van der Waals surface area (Å²) in [4.78, 5) is 11.6. The number of aliphatic hydroxyl groups excluding tert-OH is 4. The minimum Gasteiger partial charge on any atom is -0.455 e. The highest BCUT2D eigenvalue weighted by Crippen LogP contribution is 2.28. The number of hydrogen-bond acceptors (Lipinski definition) is 7. The maximum absolute atomic E-state index is 11.6. The highest BCUT2D eigenvalue weighted by atomic mass is 16.5. The Labute approximate surface area is 256 Å². The van der Waals surface area contributed by atoms with Crippen LogP contribution in [0.3, 0.4) is 0 Å². The fraction of sp³-hybridized carbons (Fsp3) is 0.914. The third kappa shape index (κ3) is 16.2. The first kappa shape index (κ1) is 37.2. The van der Waals surface area contributed by atoms with Crippen LogP contribution in [0.1, 0.15) is 162 Å². The number of carbonyl (C=O) groups excluding carboxylic acids is 1. The van der Waals surface area contributed by atoms with E-state index in [0.717, 1.165) is 57.8 Å². The summed E-state index contributed by atoms with van der Waals surface area (Å²) in [5.41, 5.74) is 0.665. The number of cyclic esters (lactones) is 1. The summed E-state index contributed by atoms with van der Waals surface area (Å²) in [6.45, 7) is 4.09. The molecule has 0 amide bonds. The first-order chi connectivity index (χ1) is 20.3. The Morgan fingerprint density at radius 3 is 1.57 bits per heavy atom. The monoisotopic (exact) mass is 596 g/mol. The highest BCUT2D eigenvalue weighted by Gasteiger charge is 2.34. The molecule has 7 atom stereocenters. The molecular formula is C35H64O7. The third-order valence-corrected chi connectivity index (χ3v) is 9.15. The number of ether oxygens (including phenoxy) is 2. The summed E-state index contributed by atoms with van der Waals surface area (Å²) in [6, 6.07) is 0. The van der Waals surface area contributed by atoms with Crippen molar-refractivity contribution >= 4 is 5.97 Å². The lowest BCUT2D eigenvalue weighted by Gasteiger charge is -2.22. The number of esters is 1. The van der Waals surface area contributed by atoms with E-state index in [1.807, 2.05) is 13.0 Å². The number of carbonyl (C=O) groups is 1. The summed E-state index contributed by atoms with van der Waals surface area (Å²) >= 11 is 0. The van der Waals surface area contributed by atoms with Crippen molar-refractivity contribution in [1.29, 1.82) is 0 Å². The second kappa shape index (κ2) is 22.5. The van der Waals surface area contributed by atoms with E-state index in [-0.39, 0.29) is 30.4 Å². The number of rotatable bonds is 26. The van der Waals surface area contributed by atoms with E-state index in [9.17, 15) is 25.2 Å². The average Bonchev–Trinajstić information content (AvgIpc) is 3.59. The zero-order valence-electron chi connectivity index (χ0n) is 26.9. The van der Waals surface area contributed by atoms with Gasteiger partial charge in [0.2, 0.25) is 0 Å². The molecule has 0 radical (unpaired) electrons. The van der Waals surface area contributed by atoms with Crippen LogP contribution in [-0.4, -0.2) is 69.1 Å². The Kier molecular flexibility index (Phi) is 19.9. The summed E-state index contributed by atoms with van der Waals surface area (Å²) in [5, 5.41) is 41.7. The van der Waals surface area contributed by atoms with Crippen molar-refractivity contribution < 1.29 is 34.7 Å². The lowest BCUT2D eigenvalue weighted by molar-refractivity contribution is -0.139. The van der Waals surface area contributed by atoms with Gasteiger partial charge in [0.1, 0.15) is 6.10 Å². The fourth-order valence-electron chi connectivity index (χ4n) is 6.39. The third-order valence-electron chi connectivity index (χ3n) is 9.15. The van der Waals surface area contributed by atoms with Crippen LogP contribution in [0.25, 0.3) is 0 Å². The minimum atomic E-state index is -0.511. The molecule has 1 saturated heterocycles. The SMILES string of the molecule is CCCCCCCCCCCC[C@@H](O)[C@@H]1CC[C@@H]([C@H](O)CCCC[C@@H](O)CCCC[C@@H](O)CCC2=C[C@H](C)OC2=O)O1. The van der Waals surface area contributed by atoms with Crippen molar-refractivity contribution in [1.82, 2.24) is 0 Å². The van der Waals surface area contributed by atoms with Gasteiger partial charge in [0, 0.05) is 5.57 Å². The first-order valence-corrected chi connectivity index (χ1v) is 17.6. The molecule has 2 aliphatic rings. The van der Waals surface area contributed by atoms with Gasteiger partial charge in [-0.2, -0.15) is 0 Å². The predicted molar refractivity (Wildman–Crippen MR) is 168 cm³/mol. The zero-order valence-corrected chi connectivity index (χ0v) is 26.9. The van der Waals surface area contributed by atoms with Crippen molar-refractivity contribution in [3.8, 4) is 0 Å². The van der Waals surface area contributed by atoms with Gasteiger partial charge in [-0.3, -0.25) is 0 Å². The zero-order chi connectivity index (χ0) is 30.6. The fourth-order valence-corrected chi connectivity index (χ4v) is 6.39. The van der Waals surface area contributed by atoms with Gasteiger partial charge in [0.15, 0.2) is 0 Å². The molecule has 0 aromatic heterocycles. The van der Waals surface area contributed by atoms with Crippen molar-refractivity contribution in [2.45, 2.75) is 204 Å². The van der Waals surface area contributed by atoms with Crippen LogP contribution in [0.2, 0.25) is 0 Å². The van der Waals surface area contributed by atoms with Crippen LogP contribution < -0.4 is 0 Å². The van der Waals surface area contributed by atoms with E-state index in [2.05, 4.69) is 6.92 Å². The number of aliphatic hydroxyl groups is 4. The maximum atomic E-state index is 11.6. The number of unbranched alkanes of at least 4 members (excludes halogenated alkanes) is 11. The second-order valence-corrected chi connectivity index (χ2v) is 13.1. The smallest absolute Gasteiger partial charge is 0.334 e. The van der Waals surface area contributed by atoms with E-state index >= 15 is 0 Å². The molecule has 246 valence electrons. The Hall–Kier alpha value is -0.990. The lowest BCUT2D eigenvalue weighted by Crippen LogP contribution is -2.31. The molecule has 2 aliphatic heterocycles. The summed E-state index contributed by atoms with van der Waals surface area (Å²) in [7, 11) is 0. The summed E-state index contributed by atoms with van der Waals surface area (Å²) in [6.07, 6.45) is 22.2. The van der Waals surface area contributed by atoms with Crippen LogP contribution in [0.5, 0.6) is 0 Å². The Morgan fingerprint density at radius 1 is 0.667 bits per heavy atom. The molecule has 7 heteroatoms. The van der Waals surface area contributed by atoms with E-state index in [1.165, 1.54) is 57.8 Å². The first-order valence-electron chi connectivity index (χ1n) is 17.6. The second-order valence-electron chi connectivity index (χ2n) is 13.1. The van der Waals surface area contributed by atoms with E-state index in [1.54, 1.807) is 0 Å². The summed E-state index contributed by atoms with van der Waals surface area (Å²) < 4.78 is 11.1. The van der Waals surface area contributed by atoms with Crippen molar-refractivity contribution in [3.05, 3.63) is 11.6 Å². The van der Waals surface area contributed by atoms with E-state index in [0.29, 0.717) is 37.7 Å². The number of hydrogen-bond donors (Lipinski definition) is 4. The predicted octanol–water partition coefficient (Wildman–Crippen LogP) is 7.06. The molecule has 0 bridgehead atoms. The van der Waals surface area contributed by atoms with E-state index in [4.69, 9.17) is 9.47 Å². The average molecular weight is 597 g/mol. The topological polar surface area (TPSA) is 116 Å². The molecule has 0 unspecified atom stereocenters. The van der Waals surface area contributed by atoms with E-state index < -0.39 is 18.3 Å². The quantitative estimate of drug-likeness (QED) is 0.0624. The van der Waals surface area contributed by atoms with Gasteiger partial charge < -0.3 is 29.9 Å². The van der Waals surface area contributed by atoms with Gasteiger partial charge in [-0.15, -0.1) is 0 Å². The largest absolute Gasteiger partial charge is 0.455 e. The van der Waals surface area contributed by atoms with Crippen LogP contribution in [-0.2, 0) is 14.3 Å². The Bertz CT molecular complexity index is 726. The normalized spacial score (nSPS) is 23.5. The highest BCUT2D eigenvalue weighted by molar-refractivity contribution is 5.90. The lowest BCUT2D eigenvalue weighted by atomic mass is 9.99. The molecule has 0 saturated carbocycles. The molecule has 2 rings (SSSR count). The Balaban J connectivity index is 1.42. The molecule has 0 aromatic rings. The molecule has 0 aromatic carbocycles. The van der Waals surface area contributed by atoms with Gasteiger partial charge in [-0.1, -0.05) is 96.8 Å². The maximum Gasteiger partial charge on any atom is 0.334 e. The van der Waals surface area contributed by atoms with Gasteiger partial charge >= 0.3 is 5.97 Å². The standard InChI is InChI=1S/C35H64O7/c1-3-4-5-6-7-8-9-10-11-12-20-31(38)33-24-25-34(42-33)32(39)21-16-15-18-29(36)17-13-14-19-30(37)23-22-28-26-27(2)41-35(28)40/h26-27,29-34,36-39H,3-25H2,1-2H3/t27-,29-,30+,31+,32+,33-,34-/m0/s1. The molecule has 4 N–H and O–H groups in total. The van der Waals surface area contributed by atoms with Gasteiger partial charge in [-0.25, -0.2) is 4.79 Å². The molecular weight excluding hydrogens is 532 g/mol.